The first kappa shape index (κ1) is 17.3. The predicted octanol–water partition coefficient (Wildman–Crippen LogP) is 4.30. The lowest BCUT2D eigenvalue weighted by molar-refractivity contribution is 0.0991. The maximum absolute atomic E-state index is 5.87. The van der Waals surface area contributed by atoms with Crippen molar-refractivity contribution in [1.29, 1.82) is 0 Å². The molecular weight excluding hydrogens is 342 g/mol. The van der Waals surface area contributed by atoms with Gasteiger partial charge < -0.3 is 14.2 Å². The van der Waals surface area contributed by atoms with Crippen molar-refractivity contribution in [3.63, 3.8) is 0 Å². The molecule has 0 atom stereocenters. The molecular formula is C21H23N3OS. The molecule has 0 fully saturated rings. The van der Waals surface area contributed by atoms with Gasteiger partial charge >= 0.3 is 0 Å². The van der Waals surface area contributed by atoms with Crippen LogP contribution in [0.4, 0.5) is 0 Å². The summed E-state index contributed by atoms with van der Waals surface area (Å²) in [4.78, 5) is 9.61. The smallest absolute Gasteiger partial charge is 0.135 e. The molecule has 0 bridgehead atoms. The number of ether oxygens (including phenoxy) is 1. The molecule has 0 radical (unpaired) electrons. The molecule has 0 aliphatic carbocycles. The number of hydrogen-bond acceptors (Lipinski definition) is 4. The van der Waals surface area contributed by atoms with Crippen molar-refractivity contribution >= 4 is 11.8 Å². The third-order valence-electron chi connectivity index (χ3n) is 4.61. The van der Waals surface area contributed by atoms with Crippen LogP contribution >= 0.6 is 11.8 Å². The van der Waals surface area contributed by atoms with Gasteiger partial charge in [0.25, 0.3) is 0 Å². The Hall–Kier alpha value is -2.08. The van der Waals surface area contributed by atoms with Gasteiger partial charge in [0.1, 0.15) is 12.4 Å². The van der Waals surface area contributed by atoms with Gasteiger partial charge in [-0.1, -0.05) is 48.2 Å². The number of hydrogen-bond donors (Lipinski definition) is 0. The normalized spacial score (nSPS) is 12.5. The summed E-state index contributed by atoms with van der Waals surface area (Å²) in [5, 5.41) is 0. The number of nitrogens with zero attached hydrogens (tertiary/aromatic N) is 3. The molecule has 1 aliphatic rings. The molecule has 1 aliphatic heterocycles. The van der Waals surface area contributed by atoms with Crippen LogP contribution in [0.2, 0.25) is 0 Å². The van der Waals surface area contributed by atoms with Gasteiger partial charge in [0.05, 0.1) is 18.0 Å². The Morgan fingerprint density at radius 1 is 1.00 bits per heavy atom. The first-order valence-electron chi connectivity index (χ1n) is 8.80. The summed E-state index contributed by atoms with van der Waals surface area (Å²) >= 11 is 1.81. The number of benzene rings is 2. The van der Waals surface area contributed by atoms with Gasteiger partial charge in [-0.3, -0.25) is 0 Å². The number of rotatable bonds is 5. The summed E-state index contributed by atoms with van der Waals surface area (Å²) < 4.78 is 8.05. The van der Waals surface area contributed by atoms with E-state index in [1.165, 1.54) is 26.6 Å². The lowest BCUT2D eigenvalue weighted by Gasteiger charge is -2.11. The van der Waals surface area contributed by atoms with E-state index in [1.54, 1.807) is 0 Å². The topological polar surface area (TPSA) is 30.3 Å². The fourth-order valence-electron chi connectivity index (χ4n) is 3.20. The van der Waals surface area contributed by atoms with Crippen molar-refractivity contribution in [3.8, 4) is 22.5 Å². The molecule has 0 N–H and O–H groups in total. The zero-order chi connectivity index (χ0) is 18.1. The monoisotopic (exact) mass is 365 g/mol. The minimum absolute atomic E-state index is 0.523. The molecule has 4 nitrogen and oxygen atoms in total. The maximum atomic E-state index is 5.87. The number of fused-ring (bicyclic) bond motifs is 5. The van der Waals surface area contributed by atoms with E-state index in [9.17, 15) is 0 Å². The summed E-state index contributed by atoms with van der Waals surface area (Å²) in [5.41, 5.74) is 4.65. The first-order valence-corrected chi connectivity index (χ1v) is 9.61. The van der Waals surface area contributed by atoms with Crippen LogP contribution in [-0.4, -0.2) is 41.7 Å². The highest BCUT2D eigenvalue weighted by Gasteiger charge is 2.25. The number of likely N-dealkylation sites (N-methyl/N-ethyl adjacent to an activating group) is 1. The van der Waals surface area contributed by atoms with E-state index in [0.717, 1.165) is 18.1 Å². The predicted molar refractivity (Wildman–Crippen MR) is 106 cm³/mol. The SMILES string of the molecule is CN(C)CCOCc1nc2c(n1C)-c1ccccc1Sc1ccccc1-2. The number of imidazole rings is 1. The van der Waals surface area contributed by atoms with Gasteiger partial charge in [-0.2, -0.15) is 0 Å². The summed E-state index contributed by atoms with van der Waals surface area (Å²) in [5.74, 6) is 0.963. The van der Waals surface area contributed by atoms with Crippen molar-refractivity contribution in [2.75, 3.05) is 27.2 Å². The van der Waals surface area contributed by atoms with E-state index in [2.05, 4.69) is 79.1 Å². The average molecular weight is 366 g/mol. The Bertz CT molecular complexity index is 933. The second kappa shape index (κ2) is 7.27. The van der Waals surface area contributed by atoms with Crippen LogP contribution in [0.3, 0.4) is 0 Å². The molecule has 2 heterocycles. The summed E-state index contributed by atoms with van der Waals surface area (Å²) in [7, 11) is 6.20. The highest BCUT2D eigenvalue weighted by atomic mass is 32.2. The summed E-state index contributed by atoms with van der Waals surface area (Å²) in [6.45, 7) is 2.13. The summed E-state index contributed by atoms with van der Waals surface area (Å²) in [6.07, 6.45) is 0. The van der Waals surface area contributed by atoms with E-state index < -0.39 is 0 Å². The van der Waals surface area contributed by atoms with Crippen molar-refractivity contribution in [1.82, 2.24) is 14.5 Å². The quantitative estimate of drug-likeness (QED) is 0.494. The first-order chi connectivity index (χ1) is 12.6. The van der Waals surface area contributed by atoms with Crippen LogP contribution in [0, 0.1) is 0 Å². The van der Waals surface area contributed by atoms with Crippen molar-refractivity contribution in [2.45, 2.75) is 16.4 Å². The lowest BCUT2D eigenvalue weighted by Crippen LogP contribution is -2.18. The van der Waals surface area contributed by atoms with E-state index >= 15 is 0 Å². The van der Waals surface area contributed by atoms with Crippen LogP contribution in [-0.2, 0) is 18.4 Å². The zero-order valence-corrected chi connectivity index (χ0v) is 16.2. The van der Waals surface area contributed by atoms with E-state index in [0.29, 0.717) is 13.2 Å². The highest BCUT2D eigenvalue weighted by molar-refractivity contribution is 7.99. The largest absolute Gasteiger partial charge is 0.372 e. The fourth-order valence-corrected chi connectivity index (χ4v) is 4.28. The molecule has 26 heavy (non-hydrogen) atoms. The van der Waals surface area contributed by atoms with Gasteiger partial charge in [-0.25, -0.2) is 4.98 Å². The molecule has 1 aromatic heterocycles. The van der Waals surface area contributed by atoms with E-state index in [1.807, 2.05) is 11.8 Å². The van der Waals surface area contributed by atoms with Crippen LogP contribution in [0.25, 0.3) is 22.5 Å². The third-order valence-corrected chi connectivity index (χ3v) is 5.76. The lowest BCUT2D eigenvalue weighted by atomic mass is 10.1. The van der Waals surface area contributed by atoms with Crippen molar-refractivity contribution in [2.24, 2.45) is 7.05 Å². The van der Waals surface area contributed by atoms with Crippen LogP contribution < -0.4 is 0 Å². The van der Waals surface area contributed by atoms with Crippen molar-refractivity contribution in [3.05, 3.63) is 54.4 Å². The average Bonchev–Trinajstić information content (AvgIpc) is 2.88. The van der Waals surface area contributed by atoms with Gasteiger partial charge in [-0.05, 0) is 26.2 Å². The van der Waals surface area contributed by atoms with Gasteiger partial charge in [-0.15, -0.1) is 0 Å². The Morgan fingerprint density at radius 3 is 2.38 bits per heavy atom. The molecule has 0 unspecified atom stereocenters. The molecule has 0 amide bonds. The Kier molecular flexibility index (Phi) is 4.85. The molecule has 0 spiro atoms. The Morgan fingerprint density at radius 2 is 1.65 bits per heavy atom. The van der Waals surface area contributed by atoms with E-state index in [4.69, 9.17) is 9.72 Å². The standard InChI is InChI=1S/C21H23N3OS/c1-23(2)12-13-25-14-19-22-20-15-8-4-6-10-17(15)26-18-11-7-5-9-16(18)21(20)24(19)3/h4-11H,12-14H2,1-3H3. The molecule has 0 saturated heterocycles. The highest BCUT2D eigenvalue weighted by Crippen LogP contribution is 2.47. The molecule has 4 rings (SSSR count). The molecule has 134 valence electrons. The Balaban J connectivity index is 1.77. The molecule has 5 heteroatoms. The molecule has 3 aromatic rings. The van der Waals surface area contributed by atoms with E-state index in [-0.39, 0.29) is 0 Å². The minimum Gasteiger partial charge on any atom is -0.372 e. The minimum atomic E-state index is 0.523. The second-order valence-corrected chi connectivity index (χ2v) is 7.82. The molecule has 0 saturated carbocycles. The van der Waals surface area contributed by atoms with Gasteiger partial charge in [0, 0.05) is 34.5 Å². The number of aromatic nitrogens is 2. The van der Waals surface area contributed by atoms with Crippen LogP contribution in [0.5, 0.6) is 0 Å². The van der Waals surface area contributed by atoms with Gasteiger partial charge in [0.2, 0.25) is 0 Å². The fraction of sp³-hybridized carbons (Fsp3) is 0.286. The third kappa shape index (κ3) is 3.18. The second-order valence-electron chi connectivity index (χ2n) is 6.73. The maximum Gasteiger partial charge on any atom is 0.135 e. The summed E-state index contributed by atoms with van der Waals surface area (Å²) in [6, 6.07) is 17.1. The Labute approximate surface area is 158 Å². The van der Waals surface area contributed by atoms with Gasteiger partial charge in [0.15, 0.2) is 0 Å². The van der Waals surface area contributed by atoms with Crippen LogP contribution in [0.15, 0.2) is 58.3 Å². The van der Waals surface area contributed by atoms with Crippen molar-refractivity contribution < 1.29 is 4.74 Å². The molecule has 2 aromatic carbocycles. The van der Waals surface area contributed by atoms with Crippen LogP contribution in [0.1, 0.15) is 5.82 Å². The zero-order valence-electron chi connectivity index (χ0n) is 15.4.